The Balaban J connectivity index is 2.10. The van der Waals surface area contributed by atoms with Gasteiger partial charge in [-0.2, -0.15) is 0 Å². The number of hydrogen-bond donors (Lipinski definition) is 1. The molecule has 0 atom stereocenters. The standard InChI is InChI=1S/C22H23ClN2O4/c1-4-29-17-8-5-15(6-9-17)19-20(24(3)11-12-26)22(28)25(21(19)27)18-10-7-16(23)13-14(18)2/h5-10,13,26H,4,11-12H2,1-3H3. The van der Waals surface area contributed by atoms with Gasteiger partial charge < -0.3 is 14.7 Å². The van der Waals surface area contributed by atoms with E-state index in [0.29, 0.717) is 34.2 Å². The predicted molar refractivity (Wildman–Crippen MR) is 113 cm³/mol. The lowest BCUT2D eigenvalue weighted by Crippen LogP contribution is -2.35. The highest BCUT2D eigenvalue weighted by atomic mass is 35.5. The topological polar surface area (TPSA) is 70.1 Å². The van der Waals surface area contributed by atoms with Crippen molar-refractivity contribution in [1.29, 1.82) is 0 Å². The van der Waals surface area contributed by atoms with Gasteiger partial charge in [0, 0.05) is 18.6 Å². The van der Waals surface area contributed by atoms with Crippen LogP contribution in [0.2, 0.25) is 5.02 Å². The van der Waals surface area contributed by atoms with Crippen LogP contribution in [0.25, 0.3) is 5.57 Å². The minimum atomic E-state index is -0.430. The van der Waals surface area contributed by atoms with E-state index in [-0.39, 0.29) is 18.8 Å². The van der Waals surface area contributed by atoms with Crippen LogP contribution in [0.15, 0.2) is 48.2 Å². The minimum absolute atomic E-state index is 0.141. The SMILES string of the molecule is CCOc1ccc(C2=C(N(C)CCO)C(=O)N(c3ccc(Cl)cc3C)C2=O)cc1. The number of halogens is 1. The second-order valence-electron chi connectivity index (χ2n) is 6.70. The number of aliphatic hydroxyl groups is 1. The number of aliphatic hydroxyl groups excluding tert-OH is 1. The number of rotatable bonds is 7. The zero-order valence-electron chi connectivity index (χ0n) is 16.6. The van der Waals surface area contributed by atoms with Crippen LogP contribution in [-0.2, 0) is 9.59 Å². The monoisotopic (exact) mass is 414 g/mol. The van der Waals surface area contributed by atoms with E-state index >= 15 is 0 Å². The molecule has 0 saturated carbocycles. The van der Waals surface area contributed by atoms with Gasteiger partial charge in [0.2, 0.25) is 0 Å². The van der Waals surface area contributed by atoms with Crippen LogP contribution in [0.1, 0.15) is 18.1 Å². The summed E-state index contributed by atoms with van der Waals surface area (Å²) in [6.07, 6.45) is 0. The first kappa shape index (κ1) is 20.9. The summed E-state index contributed by atoms with van der Waals surface area (Å²) in [5.41, 5.74) is 2.36. The Morgan fingerprint density at radius 3 is 2.38 bits per heavy atom. The fraction of sp³-hybridized carbons (Fsp3) is 0.273. The third kappa shape index (κ3) is 3.99. The number of aryl methyl sites for hydroxylation is 1. The van der Waals surface area contributed by atoms with Gasteiger partial charge in [-0.3, -0.25) is 9.59 Å². The Bertz CT molecular complexity index is 969. The first-order valence-electron chi connectivity index (χ1n) is 9.33. The van der Waals surface area contributed by atoms with Crippen LogP contribution in [0.5, 0.6) is 5.75 Å². The molecule has 0 aliphatic carbocycles. The van der Waals surface area contributed by atoms with Crippen LogP contribution >= 0.6 is 11.6 Å². The predicted octanol–water partition coefficient (Wildman–Crippen LogP) is 3.26. The number of likely N-dealkylation sites (N-methyl/N-ethyl adjacent to an activating group) is 1. The molecular weight excluding hydrogens is 392 g/mol. The zero-order chi connectivity index (χ0) is 21.1. The molecule has 0 fully saturated rings. The molecule has 1 N–H and O–H groups in total. The van der Waals surface area contributed by atoms with Crippen LogP contribution < -0.4 is 9.64 Å². The van der Waals surface area contributed by atoms with Crippen molar-refractivity contribution in [1.82, 2.24) is 4.90 Å². The summed E-state index contributed by atoms with van der Waals surface area (Å²) in [5.74, 6) is -0.158. The van der Waals surface area contributed by atoms with Gasteiger partial charge >= 0.3 is 0 Å². The maximum atomic E-state index is 13.4. The first-order valence-corrected chi connectivity index (χ1v) is 9.71. The zero-order valence-corrected chi connectivity index (χ0v) is 17.4. The molecule has 0 spiro atoms. The van der Waals surface area contributed by atoms with Crippen LogP contribution in [0.3, 0.4) is 0 Å². The van der Waals surface area contributed by atoms with Crippen molar-refractivity contribution in [2.24, 2.45) is 0 Å². The molecule has 6 nitrogen and oxygen atoms in total. The third-order valence-electron chi connectivity index (χ3n) is 4.73. The number of carbonyl (C=O) groups excluding carboxylic acids is 2. The number of hydrogen-bond acceptors (Lipinski definition) is 5. The number of carbonyl (C=O) groups is 2. The molecule has 29 heavy (non-hydrogen) atoms. The Morgan fingerprint density at radius 2 is 1.79 bits per heavy atom. The molecule has 1 aliphatic rings. The molecule has 0 bridgehead atoms. The highest BCUT2D eigenvalue weighted by molar-refractivity contribution is 6.45. The average Bonchev–Trinajstić information content (AvgIpc) is 2.94. The molecule has 1 heterocycles. The number of amides is 2. The highest BCUT2D eigenvalue weighted by Gasteiger charge is 2.42. The van der Waals surface area contributed by atoms with Gasteiger partial charge in [-0.25, -0.2) is 4.90 Å². The largest absolute Gasteiger partial charge is 0.494 e. The number of anilines is 1. The first-order chi connectivity index (χ1) is 13.9. The molecule has 152 valence electrons. The van der Waals surface area contributed by atoms with E-state index in [1.54, 1.807) is 61.3 Å². The molecule has 1 aliphatic heterocycles. The summed E-state index contributed by atoms with van der Waals surface area (Å²) in [4.78, 5) is 29.4. The summed E-state index contributed by atoms with van der Waals surface area (Å²) < 4.78 is 5.47. The summed E-state index contributed by atoms with van der Waals surface area (Å²) in [6, 6.07) is 12.1. The van der Waals surface area contributed by atoms with Gasteiger partial charge in [0.15, 0.2) is 0 Å². The maximum Gasteiger partial charge on any atom is 0.282 e. The minimum Gasteiger partial charge on any atom is -0.494 e. The lowest BCUT2D eigenvalue weighted by Gasteiger charge is -2.21. The molecule has 0 aromatic heterocycles. The summed E-state index contributed by atoms with van der Waals surface area (Å²) in [6.45, 7) is 4.31. The molecular formula is C22H23ClN2O4. The van der Waals surface area contributed by atoms with Crippen molar-refractivity contribution in [2.45, 2.75) is 13.8 Å². The average molecular weight is 415 g/mol. The fourth-order valence-corrected chi connectivity index (χ4v) is 3.59. The third-order valence-corrected chi connectivity index (χ3v) is 4.97. The Labute approximate surface area is 174 Å². The van der Waals surface area contributed by atoms with E-state index in [9.17, 15) is 14.7 Å². The number of imide groups is 1. The lowest BCUT2D eigenvalue weighted by molar-refractivity contribution is -0.120. The number of nitrogens with zero attached hydrogens (tertiary/aromatic N) is 2. The van der Waals surface area contributed by atoms with Crippen LogP contribution in [0.4, 0.5) is 5.69 Å². The van der Waals surface area contributed by atoms with E-state index in [1.165, 1.54) is 4.90 Å². The summed E-state index contributed by atoms with van der Waals surface area (Å²) in [7, 11) is 1.68. The normalized spacial score (nSPS) is 14.0. The second kappa shape index (κ2) is 8.68. The van der Waals surface area contributed by atoms with Gasteiger partial charge in [0.25, 0.3) is 11.8 Å². The summed E-state index contributed by atoms with van der Waals surface area (Å²) >= 11 is 6.04. The van der Waals surface area contributed by atoms with E-state index < -0.39 is 11.8 Å². The molecule has 0 saturated heterocycles. The van der Waals surface area contributed by atoms with E-state index in [2.05, 4.69) is 0 Å². The van der Waals surface area contributed by atoms with Crippen LogP contribution in [0, 0.1) is 6.92 Å². The second-order valence-corrected chi connectivity index (χ2v) is 7.14. The van der Waals surface area contributed by atoms with E-state index in [0.717, 1.165) is 5.56 Å². The van der Waals surface area contributed by atoms with Gasteiger partial charge in [0.05, 0.1) is 24.5 Å². The van der Waals surface area contributed by atoms with Crippen molar-refractivity contribution in [3.05, 3.63) is 64.3 Å². The molecule has 2 aromatic carbocycles. The quantitative estimate of drug-likeness (QED) is 0.704. The molecule has 2 aromatic rings. The van der Waals surface area contributed by atoms with Crippen molar-refractivity contribution >= 4 is 34.7 Å². The van der Waals surface area contributed by atoms with Gasteiger partial charge in [-0.05, 0) is 55.3 Å². The van der Waals surface area contributed by atoms with Crippen LogP contribution in [-0.4, -0.2) is 48.6 Å². The van der Waals surface area contributed by atoms with Crippen molar-refractivity contribution in [3.63, 3.8) is 0 Å². The Morgan fingerprint density at radius 1 is 1.10 bits per heavy atom. The van der Waals surface area contributed by atoms with E-state index in [1.807, 2.05) is 6.92 Å². The molecule has 2 amide bonds. The fourth-order valence-electron chi connectivity index (χ4n) is 3.37. The van der Waals surface area contributed by atoms with Crippen molar-refractivity contribution < 1.29 is 19.4 Å². The highest BCUT2D eigenvalue weighted by Crippen LogP contribution is 2.36. The number of benzene rings is 2. The molecule has 0 unspecified atom stereocenters. The molecule has 3 rings (SSSR count). The molecule has 7 heteroatoms. The van der Waals surface area contributed by atoms with E-state index in [4.69, 9.17) is 16.3 Å². The Kier molecular flexibility index (Phi) is 6.25. The summed E-state index contributed by atoms with van der Waals surface area (Å²) in [5, 5.41) is 9.88. The van der Waals surface area contributed by atoms with Gasteiger partial charge in [0.1, 0.15) is 11.4 Å². The van der Waals surface area contributed by atoms with Gasteiger partial charge in [-0.1, -0.05) is 23.7 Å². The van der Waals surface area contributed by atoms with Crippen molar-refractivity contribution in [2.75, 3.05) is 31.7 Å². The van der Waals surface area contributed by atoms with Gasteiger partial charge in [-0.15, -0.1) is 0 Å². The van der Waals surface area contributed by atoms with Crippen molar-refractivity contribution in [3.8, 4) is 5.75 Å². The molecule has 0 radical (unpaired) electrons. The smallest absolute Gasteiger partial charge is 0.282 e. The Hall–Kier alpha value is -2.83. The lowest BCUT2D eigenvalue weighted by atomic mass is 10.0. The number of ether oxygens (including phenoxy) is 1. The maximum absolute atomic E-state index is 13.4.